The summed E-state index contributed by atoms with van der Waals surface area (Å²) in [5.74, 6) is -0.792. The van der Waals surface area contributed by atoms with Crippen LogP contribution in [0.3, 0.4) is 0 Å². The van der Waals surface area contributed by atoms with E-state index in [1.54, 1.807) is 12.1 Å². The van der Waals surface area contributed by atoms with Crippen molar-refractivity contribution >= 4 is 41.6 Å². The minimum Gasteiger partial charge on any atom is -0.480 e. The molecule has 108 valence electrons. The molecule has 0 saturated carbocycles. The van der Waals surface area contributed by atoms with E-state index in [9.17, 15) is 4.79 Å². The number of carbonyl (C=O) groups is 1. The number of hydrogen-bond acceptors (Lipinski definition) is 2. The highest BCUT2D eigenvalue weighted by Gasteiger charge is 2.22. The lowest BCUT2D eigenvalue weighted by atomic mass is 10.1. The van der Waals surface area contributed by atoms with Gasteiger partial charge in [-0.3, -0.25) is 9.69 Å². The highest BCUT2D eigenvalue weighted by molar-refractivity contribution is 6.42. The molecule has 0 bridgehead atoms. The Labute approximate surface area is 129 Å². The van der Waals surface area contributed by atoms with Gasteiger partial charge in [0, 0.05) is 6.54 Å². The number of nitrogens with zero attached hydrogens (tertiary/aromatic N) is 1. The number of rotatable bonds is 6. The topological polar surface area (TPSA) is 40.5 Å². The molecule has 0 aliphatic heterocycles. The van der Waals surface area contributed by atoms with Crippen molar-refractivity contribution in [1.82, 2.24) is 4.90 Å². The van der Waals surface area contributed by atoms with Crippen LogP contribution in [0.4, 0.5) is 0 Å². The molecule has 1 rings (SSSR count). The molecule has 0 saturated heterocycles. The lowest BCUT2D eigenvalue weighted by Gasteiger charge is -2.26. The van der Waals surface area contributed by atoms with E-state index in [2.05, 4.69) is 0 Å². The van der Waals surface area contributed by atoms with Crippen LogP contribution in [-0.2, 0) is 11.3 Å². The zero-order chi connectivity index (χ0) is 13.7. The van der Waals surface area contributed by atoms with Crippen LogP contribution >= 0.6 is 35.6 Å². The SMILES string of the molecule is CCC(C(=O)O)N(CC)Cc1ccc(Cl)c(Cl)c1.Cl. The van der Waals surface area contributed by atoms with Crippen molar-refractivity contribution in [2.45, 2.75) is 32.9 Å². The first kappa shape index (κ1) is 18.5. The van der Waals surface area contributed by atoms with Gasteiger partial charge in [-0.1, -0.05) is 43.1 Å². The van der Waals surface area contributed by atoms with Crippen molar-refractivity contribution < 1.29 is 9.90 Å². The molecule has 0 radical (unpaired) electrons. The van der Waals surface area contributed by atoms with Crippen molar-refractivity contribution in [3.8, 4) is 0 Å². The number of carboxylic acids is 1. The summed E-state index contributed by atoms with van der Waals surface area (Å²) in [6.45, 7) is 5.04. The molecule has 1 atom stereocenters. The van der Waals surface area contributed by atoms with Crippen LogP contribution < -0.4 is 0 Å². The van der Waals surface area contributed by atoms with Gasteiger partial charge in [0.15, 0.2) is 0 Å². The number of likely N-dealkylation sites (N-methyl/N-ethyl adjacent to an activating group) is 1. The van der Waals surface area contributed by atoms with Gasteiger partial charge in [0.25, 0.3) is 0 Å². The molecule has 0 amide bonds. The molecule has 1 unspecified atom stereocenters. The van der Waals surface area contributed by atoms with Crippen LogP contribution in [0.5, 0.6) is 0 Å². The smallest absolute Gasteiger partial charge is 0.320 e. The Kier molecular flexibility index (Phi) is 8.42. The molecular weight excluding hydrogens is 309 g/mol. The van der Waals surface area contributed by atoms with Crippen LogP contribution in [-0.4, -0.2) is 28.6 Å². The van der Waals surface area contributed by atoms with Gasteiger partial charge < -0.3 is 5.11 Å². The molecule has 0 aliphatic carbocycles. The summed E-state index contributed by atoms with van der Waals surface area (Å²) in [5, 5.41) is 10.2. The second-order valence-electron chi connectivity index (χ2n) is 4.07. The average Bonchev–Trinajstić information content (AvgIpc) is 2.33. The molecule has 0 aromatic heterocycles. The highest BCUT2D eigenvalue weighted by atomic mass is 35.5. The Bertz CT molecular complexity index is 426. The largest absolute Gasteiger partial charge is 0.480 e. The van der Waals surface area contributed by atoms with Crippen molar-refractivity contribution in [1.29, 1.82) is 0 Å². The summed E-state index contributed by atoms with van der Waals surface area (Å²) in [5.41, 5.74) is 0.964. The fourth-order valence-electron chi connectivity index (χ4n) is 1.90. The van der Waals surface area contributed by atoms with E-state index in [4.69, 9.17) is 28.3 Å². The molecule has 0 spiro atoms. The van der Waals surface area contributed by atoms with Gasteiger partial charge in [-0.25, -0.2) is 0 Å². The number of benzene rings is 1. The third kappa shape index (κ3) is 5.19. The average molecular weight is 327 g/mol. The van der Waals surface area contributed by atoms with Crippen molar-refractivity contribution in [3.05, 3.63) is 33.8 Å². The van der Waals surface area contributed by atoms with E-state index in [0.29, 0.717) is 29.6 Å². The van der Waals surface area contributed by atoms with Crippen molar-refractivity contribution in [2.24, 2.45) is 0 Å². The van der Waals surface area contributed by atoms with Crippen LogP contribution in [0, 0.1) is 0 Å². The number of carboxylic acid groups (broad SMARTS) is 1. The second kappa shape index (κ2) is 8.64. The normalized spacial score (nSPS) is 12.1. The number of hydrogen-bond donors (Lipinski definition) is 1. The molecule has 19 heavy (non-hydrogen) atoms. The quantitative estimate of drug-likeness (QED) is 0.855. The second-order valence-corrected chi connectivity index (χ2v) is 4.89. The third-order valence-electron chi connectivity index (χ3n) is 2.89. The lowest BCUT2D eigenvalue weighted by molar-refractivity contribution is -0.143. The molecule has 1 aromatic rings. The maximum atomic E-state index is 11.2. The molecule has 0 fully saturated rings. The van der Waals surface area contributed by atoms with Gasteiger partial charge in [-0.2, -0.15) is 0 Å². The Hall–Kier alpha value is -0.480. The number of aliphatic carboxylic acids is 1. The van der Waals surface area contributed by atoms with Crippen LogP contribution in [0.2, 0.25) is 10.0 Å². The maximum absolute atomic E-state index is 11.2. The van der Waals surface area contributed by atoms with Crippen molar-refractivity contribution in [3.63, 3.8) is 0 Å². The molecule has 6 heteroatoms. The first-order valence-electron chi connectivity index (χ1n) is 5.90. The van der Waals surface area contributed by atoms with Gasteiger partial charge in [0.2, 0.25) is 0 Å². The Morgan fingerprint density at radius 1 is 1.32 bits per heavy atom. The summed E-state index contributed by atoms with van der Waals surface area (Å²) >= 11 is 11.8. The first-order chi connectivity index (χ1) is 8.49. The van der Waals surface area contributed by atoms with Gasteiger partial charge in [0.1, 0.15) is 6.04 Å². The molecule has 1 N–H and O–H groups in total. The molecule has 3 nitrogen and oxygen atoms in total. The summed E-state index contributed by atoms with van der Waals surface area (Å²) in [6, 6.07) is 4.91. The van der Waals surface area contributed by atoms with Gasteiger partial charge >= 0.3 is 5.97 Å². The molecular formula is C13H18Cl3NO2. The predicted octanol–water partition coefficient (Wildman–Crippen LogP) is 4.10. The highest BCUT2D eigenvalue weighted by Crippen LogP contribution is 2.23. The molecule has 1 aromatic carbocycles. The van der Waals surface area contributed by atoms with Crippen molar-refractivity contribution in [2.75, 3.05) is 6.54 Å². The van der Waals surface area contributed by atoms with Crippen LogP contribution in [0.25, 0.3) is 0 Å². The minimum absolute atomic E-state index is 0. The third-order valence-corrected chi connectivity index (χ3v) is 3.63. The minimum atomic E-state index is -0.792. The van der Waals surface area contributed by atoms with E-state index in [0.717, 1.165) is 5.56 Å². The van der Waals surface area contributed by atoms with Crippen LogP contribution in [0.1, 0.15) is 25.8 Å². The zero-order valence-electron chi connectivity index (χ0n) is 10.9. The van der Waals surface area contributed by atoms with E-state index >= 15 is 0 Å². The fourth-order valence-corrected chi connectivity index (χ4v) is 2.22. The van der Waals surface area contributed by atoms with Gasteiger partial charge in [0.05, 0.1) is 10.0 Å². The monoisotopic (exact) mass is 325 g/mol. The van der Waals surface area contributed by atoms with E-state index in [1.807, 2.05) is 24.8 Å². The Morgan fingerprint density at radius 2 is 1.95 bits per heavy atom. The predicted molar refractivity (Wildman–Crippen MR) is 81.5 cm³/mol. The molecule has 0 aliphatic rings. The summed E-state index contributed by atoms with van der Waals surface area (Å²) < 4.78 is 0. The Morgan fingerprint density at radius 3 is 2.37 bits per heavy atom. The number of halogens is 3. The lowest BCUT2D eigenvalue weighted by Crippen LogP contribution is -2.40. The zero-order valence-corrected chi connectivity index (χ0v) is 13.2. The first-order valence-corrected chi connectivity index (χ1v) is 6.66. The molecule has 0 heterocycles. The standard InChI is InChI=1S/C13H17Cl2NO2.ClH/c1-3-12(13(17)18)16(4-2)8-9-5-6-10(14)11(15)7-9;/h5-7,12H,3-4,8H2,1-2H3,(H,17,18);1H. The summed E-state index contributed by atoms with van der Waals surface area (Å²) in [6.07, 6.45) is 0.574. The summed E-state index contributed by atoms with van der Waals surface area (Å²) in [7, 11) is 0. The van der Waals surface area contributed by atoms with E-state index in [-0.39, 0.29) is 12.4 Å². The summed E-state index contributed by atoms with van der Waals surface area (Å²) in [4.78, 5) is 13.1. The van der Waals surface area contributed by atoms with E-state index in [1.165, 1.54) is 0 Å². The maximum Gasteiger partial charge on any atom is 0.320 e. The van der Waals surface area contributed by atoms with E-state index < -0.39 is 12.0 Å². The van der Waals surface area contributed by atoms with Crippen LogP contribution in [0.15, 0.2) is 18.2 Å². The Balaban J connectivity index is 0.00000324. The van der Waals surface area contributed by atoms with Gasteiger partial charge in [-0.15, -0.1) is 12.4 Å². The van der Waals surface area contributed by atoms with Gasteiger partial charge in [-0.05, 0) is 30.7 Å². The fraction of sp³-hybridized carbons (Fsp3) is 0.462.